The summed E-state index contributed by atoms with van der Waals surface area (Å²) in [4.78, 5) is 38.9. The number of amides is 3. The molecule has 2 aromatic heterocycles. The van der Waals surface area contributed by atoms with Gasteiger partial charge in [-0.3, -0.25) is 14.7 Å². The van der Waals surface area contributed by atoms with Crippen LogP contribution in [0.25, 0.3) is 10.9 Å². The summed E-state index contributed by atoms with van der Waals surface area (Å²) in [5.41, 5.74) is -1.13. The third-order valence-corrected chi connectivity index (χ3v) is 5.74. The summed E-state index contributed by atoms with van der Waals surface area (Å²) >= 11 is 0. The lowest BCUT2D eigenvalue weighted by Crippen LogP contribution is -2.33. The molecule has 3 amide bonds. The number of urea groups is 1. The van der Waals surface area contributed by atoms with Crippen LogP contribution in [0.4, 0.5) is 38.1 Å². The molecule has 4 aromatic rings. The van der Waals surface area contributed by atoms with E-state index in [9.17, 15) is 31.5 Å². The number of hydrogen-bond donors (Lipinski definition) is 0. The second-order valence-electron chi connectivity index (χ2n) is 8.20. The summed E-state index contributed by atoms with van der Waals surface area (Å²) in [5, 5.41) is 0.422. The first-order valence-electron chi connectivity index (χ1n) is 11.3. The number of nitrogens with zero attached hydrogens (tertiary/aromatic N) is 5. The van der Waals surface area contributed by atoms with Gasteiger partial charge in [0, 0.05) is 18.3 Å². The average molecular weight is 561 g/mol. The highest BCUT2D eigenvalue weighted by molar-refractivity contribution is 6.27. The predicted molar refractivity (Wildman–Crippen MR) is 129 cm³/mol. The van der Waals surface area contributed by atoms with E-state index in [1.807, 2.05) is 0 Å². The van der Waals surface area contributed by atoms with Gasteiger partial charge >= 0.3 is 18.8 Å². The standard InChI is InChI=1S/C25H16F5N5O5/c1-38-16-3-4-17-18(8-16)32-12-33-22(17)39-19-5-2-14(7-20(19)40-23(26)27)35-21(36)11-34(24(35)37)15-6-13(9-31-10-15)25(28,29)30/h2-10,12,23H,11H2,1H3. The lowest BCUT2D eigenvalue weighted by atomic mass is 10.2. The van der Waals surface area contributed by atoms with E-state index in [-0.39, 0.29) is 23.0 Å². The van der Waals surface area contributed by atoms with Crippen molar-refractivity contribution in [1.82, 2.24) is 15.0 Å². The van der Waals surface area contributed by atoms with Crippen LogP contribution in [0.15, 0.2) is 61.2 Å². The van der Waals surface area contributed by atoms with Crippen LogP contribution in [0, 0.1) is 0 Å². The first-order chi connectivity index (χ1) is 19.0. The molecule has 1 fully saturated rings. The number of anilines is 2. The summed E-state index contributed by atoms with van der Waals surface area (Å²) in [6, 6.07) is 7.86. The number of carbonyl (C=O) groups excluding carboxylic acids is 2. The number of halogens is 5. The van der Waals surface area contributed by atoms with Crippen molar-refractivity contribution < 1.29 is 45.8 Å². The number of pyridine rings is 1. The lowest BCUT2D eigenvalue weighted by Gasteiger charge is -2.19. The molecular formula is C25H16F5N5O5. The van der Waals surface area contributed by atoms with Crippen molar-refractivity contribution in [3.05, 3.63) is 66.7 Å². The number of methoxy groups -OCH3 is 1. The zero-order chi connectivity index (χ0) is 28.6. The molecule has 1 aliphatic rings. The molecule has 40 heavy (non-hydrogen) atoms. The zero-order valence-electron chi connectivity index (χ0n) is 20.2. The molecule has 0 bridgehead atoms. The van der Waals surface area contributed by atoms with Gasteiger partial charge in [-0.25, -0.2) is 19.7 Å². The van der Waals surface area contributed by atoms with Crippen molar-refractivity contribution in [2.75, 3.05) is 23.5 Å². The maximum Gasteiger partial charge on any atom is 0.417 e. The molecule has 0 N–H and O–H groups in total. The maximum absolute atomic E-state index is 13.3. The van der Waals surface area contributed by atoms with Gasteiger partial charge in [-0.15, -0.1) is 0 Å². The Morgan fingerprint density at radius 3 is 2.48 bits per heavy atom. The average Bonchev–Trinajstić information content (AvgIpc) is 3.22. The van der Waals surface area contributed by atoms with Gasteiger partial charge in [0.25, 0.3) is 5.91 Å². The van der Waals surface area contributed by atoms with Crippen LogP contribution in [0.3, 0.4) is 0 Å². The Balaban J connectivity index is 1.47. The van der Waals surface area contributed by atoms with Crippen LogP contribution >= 0.6 is 0 Å². The minimum Gasteiger partial charge on any atom is -0.497 e. The Labute approximate surface area is 221 Å². The Morgan fingerprint density at radius 1 is 0.950 bits per heavy atom. The van der Waals surface area contributed by atoms with Crippen LogP contribution in [0.1, 0.15) is 5.56 Å². The van der Waals surface area contributed by atoms with Crippen molar-refractivity contribution in [3.8, 4) is 23.1 Å². The number of carbonyl (C=O) groups is 2. The number of ether oxygens (including phenoxy) is 3. The Kier molecular flexibility index (Phi) is 6.79. The van der Waals surface area contributed by atoms with E-state index in [1.54, 1.807) is 18.2 Å². The van der Waals surface area contributed by atoms with Crippen molar-refractivity contribution in [3.63, 3.8) is 0 Å². The van der Waals surface area contributed by atoms with E-state index in [4.69, 9.17) is 9.47 Å². The fourth-order valence-corrected chi connectivity index (χ4v) is 3.92. The number of rotatable bonds is 7. The molecule has 0 unspecified atom stereocenters. The summed E-state index contributed by atoms with van der Waals surface area (Å²) in [6.07, 6.45) is -1.96. The molecule has 0 atom stereocenters. The van der Waals surface area contributed by atoms with Crippen molar-refractivity contribution in [1.29, 1.82) is 0 Å². The predicted octanol–water partition coefficient (Wildman–Crippen LogP) is 5.42. The summed E-state index contributed by atoms with van der Waals surface area (Å²) in [6.45, 7) is -3.91. The van der Waals surface area contributed by atoms with Crippen LogP contribution in [-0.2, 0) is 11.0 Å². The molecule has 0 aliphatic carbocycles. The molecule has 10 nitrogen and oxygen atoms in total. The minimum absolute atomic E-state index is 0.00364. The number of hydrogen-bond acceptors (Lipinski definition) is 8. The van der Waals surface area contributed by atoms with E-state index < -0.39 is 42.6 Å². The Hall–Kier alpha value is -5.08. The first kappa shape index (κ1) is 26.5. The molecule has 206 valence electrons. The molecule has 0 radical (unpaired) electrons. The highest BCUT2D eigenvalue weighted by atomic mass is 19.4. The van der Waals surface area contributed by atoms with Gasteiger partial charge < -0.3 is 14.2 Å². The van der Waals surface area contributed by atoms with Gasteiger partial charge in [0.05, 0.1) is 41.1 Å². The number of imide groups is 1. The van der Waals surface area contributed by atoms with Gasteiger partial charge in [0.2, 0.25) is 5.88 Å². The van der Waals surface area contributed by atoms with Crippen LogP contribution < -0.4 is 24.0 Å². The Morgan fingerprint density at radius 2 is 1.75 bits per heavy atom. The van der Waals surface area contributed by atoms with Gasteiger partial charge in [0.1, 0.15) is 18.6 Å². The van der Waals surface area contributed by atoms with Gasteiger partial charge in [-0.2, -0.15) is 22.0 Å². The minimum atomic E-state index is -4.73. The summed E-state index contributed by atoms with van der Waals surface area (Å²) in [5.74, 6) is -1.07. The molecule has 0 saturated carbocycles. The van der Waals surface area contributed by atoms with Gasteiger partial charge in [0.15, 0.2) is 11.5 Å². The zero-order valence-corrected chi connectivity index (χ0v) is 20.2. The smallest absolute Gasteiger partial charge is 0.417 e. The van der Waals surface area contributed by atoms with E-state index in [0.717, 1.165) is 17.2 Å². The number of aromatic nitrogens is 3. The molecule has 15 heteroatoms. The molecule has 3 heterocycles. The molecule has 2 aromatic carbocycles. The SMILES string of the molecule is COc1ccc2c(Oc3ccc(N4C(=O)CN(c5cncc(C(F)(F)F)c5)C4=O)cc3OC(F)F)ncnc2c1. The molecule has 1 aliphatic heterocycles. The highest BCUT2D eigenvalue weighted by Gasteiger charge is 2.40. The largest absolute Gasteiger partial charge is 0.497 e. The maximum atomic E-state index is 13.3. The summed E-state index contributed by atoms with van der Waals surface area (Å²) < 4.78 is 81.4. The fraction of sp³-hybridized carbons (Fsp3) is 0.160. The van der Waals surface area contributed by atoms with Crippen molar-refractivity contribution >= 4 is 34.2 Å². The number of alkyl halides is 5. The lowest BCUT2D eigenvalue weighted by molar-refractivity contribution is -0.137. The van der Waals surface area contributed by atoms with E-state index >= 15 is 0 Å². The number of benzene rings is 2. The molecular weight excluding hydrogens is 545 g/mol. The second kappa shape index (κ2) is 10.2. The number of fused-ring (bicyclic) bond motifs is 1. The molecule has 5 rings (SSSR count). The monoisotopic (exact) mass is 561 g/mol. The van der Waals surface area contributed by atoms with Crippen LogP contribution in [-0.4, -0.2) is 47.2 Å². The third kappa shape index (κ3) is 5.12. The topological polar surface area (TPSA) is 107 Å². The summed E-state index contributed by atoms with van der Waals surface area (Å²) in [7, 11) is 1.47. The van der Waals surface area contributed by atoms with E-state index in [1.165, 1.54) is 25.6 Å². The van der Waals surface area contributed by atoms with Crippen LogP contribution in [0.2, 0.25) is 0 Å². The third-order valence-electron chi connectivity index (χ3n) is 5.74. The van der Waals surface area contributed by atoms with Crippen molar-refractivity contribution in [2.45, 2.75) is 12.8 Å². The second-order valence-corrected chi connectivity index (χ2v) is 8.20. The molecule has 0 spiro atoms. The van der Waals surface area contributed by atoms with E-state index in [2.05, 4.69) is 19.7 Å². The normalized spacial score (nSPS) is 13.9. The first-order valence-corrected chi connectivity index (χ1v) is 11.3. The Bertz CT molecular complexity index is 1620. The van der Waals surface area contributed by atoms with Crippen molar-refractivity contribution in [2.24, 2.45) is 0 Å². The van der Waals surface area contributed by atoms with Gasteiger partial charge in [-0.1, -0.05) is 0 Å². The fourth-order valence-electron chi connectivity index (χ4n) is 3.92. The van der Waals surface area contributed by atoms with Crippen LogP contribution in [0.5, 0.6) is 23.1 Å². The van der Waals surface area contributed by atoms with Gasteiger partial charge in [-0.05, 0) is 30.3 Å². The molecule has 1 saturated heterocycles. The van der Waals surface area contributed by atoms with E-state index in [0.29, 0.717) is 33.8 Å². The highest BCUT2D eigenvalue weighted by Crippen LogP contribution is 2.39. The quantitative estimate of drug-likeness (QED) is 0.218.